The van der Waals surface area contributed by atoms with E-state index >= 15 is 0 Å². The number of nitrogens with one attached hydrogen (secondary N) is 1. The fourth-order valence-corrected chi connectivity index (χ4v) is 4.95. The highest BCUT2D eigenvalue weighted by Gasteiger charge is 2.15. The maximum Gasteiger partial charge on any atom is 0.143 e. The molecule has 1 aromatic heterocycles. The first-order valence-electron chi connectivity index (χ1n) is 13.0. The first-order chi connectivity index (χ1) is 19.2. The molecule has 0 aliphatic rings. The average molecular weight is 502 g/mol. The zero-order valence-electron chi connectivity index (χ0n) is 21.7. The second kappa shape index (κ2) is 10.6. The molecule has 39 heavy (non-hydrogen) atoms. The summed E-state index contributed by atoms with van der Waals surface area (Å²) < 4.78 is 6.58. The van der Waals surface area contributed by atoms with Crippen LogP contribution >= 0.6 is 0 Å². The van der Waals surface area contributed by atoms with Crippen molar-refractivity contribution in [2.24, 2.45) is 0 Å². The second-order valence-corrected chi connectivity index (χ2v) is 9.36. The molecule has 5 aromatic carbocycles. The van der Waals surface area contributed by atoms with Gasteiger partial charge in [0.25, 0.3) is 0 Å². The lowest BCUT2D eigenvalue weighted by atomic mass is 10.00. The normalized spacial score (nSPS) is 11.7. The van der Waals surface area contributed by atoms with Crippen molar-refractivity contribution < 1.29 is 4.42 Å². The van der Waals surface area contributed by atoms with E-state index in [0.717, 1.165) is 66.7 Å². The van der Waals surface area contributed by atoms with Crippen molar-refractivity contribution in [1.82, 2.24) is 0 Å². The summed E-state index contributed by atoms with van der Waals surface area (Å²) in [6.45, 7) is 1.97. The molecule has 186 valence electrons. The Bertz CT molecular complexity index is 1860. The quantitative estimate of drug-likeness (QED) is 0.181. The van der Waals surface area contributed by atoms with Crippen LogP contribution in [-0.2, 0) is 0 Å². The molecule has 6 aromatic rings. The van der Waals surface area contributed by atoms with Gasteiger partial charge in [0.05, 0.1) is 0 Å². The van der Waals surface area contributed by atoms with Gasteiger partial charge in [0.2, 0.25) is 0 Å². The van der Waals surface area contributed by atoms with Crippen molar-refractivity contribution in [3.05, 3.63) is 139 Å². The van der Waals surface area contributed by atoms with Gasteiger partial charge in [-0.1, -0.05) is 109 Å². The fourth-order valence-electron chi connectivity index (χ4n) is 4.95. The third-order valence-corrected chi connectivity index (χ3v) is 6.90. The van der Waals surface area contributed by atoms with Crippen molar-refractivity contribution in [2.75, 3.05) is 5.32 Å². The lowest BCUT2D eigenvalue weighted by molar-refractivity contribution is 0.671. The van der Waals surface area contributed by atoms with Crippen LogP contribution in [0.25, 0.3) is 49.8 Å². The second-order valence-electron chi connectivity index (χ2n) is 9.36. The number of furan rings is 1. The van der Waals surface area contributed by atoms with E-state index in [1.165, 1.54) is 0 Å². The third kappa shape index (κ3) is 4.75. The van der Waals surface area contributed by atoms with Gasteiger partial charge in [0.1, 0.15) is 11.2 Å². The monoisotopic (exact) mass is 501 g/mol. The summed E-state index contributed by atoms with van der Waals surface area (Å²) in [5.74, 6) is 2.76. The molecular weight excluding hydrogens is 474 g/mol. The lowest BCUT2D eigenvalue weighted by Crippen LogP contribution is -1.91. The van der Waals surface area contributed by atoms with Crippen LogP contribution in [0.3, 0.4) is 0 Å². The van der Waals surface area contributed by atoms with Gasteiger partial charge in [-0.05, 0) is 54.0 Å². The molecule has 0 unspecified atom stereocenters. The number of rotatable bonds is 6. The minimum Gasteiger partial charge on any atom is -0.455 e. The molecule has 0 amide bonds. The van der Waals surface area contributed by atoms with Crippen molar-refractivity contribution in [1.29, 1.82) is 0 Å². The summed E-state index contributed by atoms with van der Waals surface area (Å²) in [6, 6.07) is 39.7. The minimum atomic E-state index is 0.861. The van der Waals surface area contributed by atoms with Crippen LogP contribution < -0.4 is 5.32 Å². The third-order valence-electron chi connectivity index (χ3n) is 6.90. The van der Waals surface area contributed by atoms with Crippen LogP contribution in [0.2, 0.25) is 0 Å². The van der Waals surface area contributed by atoms with Crippen molar-refractivity contribution in [3.63, 3.8) is 0 Å². The molecule has 0 saturated heterocycles. The molecule has 0 spiro atoms. The standard InChI is InChI=1S/C37H27NO/c1-3-5-11-26(4-2)27-18-22-30(23-19-27)38-31-24-20-29(21-25-31)33-15-10-17-35-34-16-9-14-32(36(34)39-37(33)35)28-12-7-6-8-13-28/h2-3,5-25,38H,1H3/b5-3-,26-11+. The topological polar surface area (TPSA) is 25.2 Å². The molecule has 6 rings (SSSR count). The predicted octanol–water partition coefficient (Wildman–Crippen LogP) is 10.3. The number of anilines is 2. The maximum atomic E-state index is 6.58. The fraction of sp³-hybridized carbons (Fsp3) is 0.0270. The number of allylic oxidation sites excluding steroid dienone is 4. The Balaban J connectivity index is 1.30. The lowest BCUT2D eigenvalue weighted by Gasteiger charge is -2.09. The molecule has 0 aliphatic heterocycles. The smallest absolute Gasteiger partial charge is 0.143 e. The Hall–Kier alpha value is -5.26. The highest BCUT2D eigenvalue weighted by molar-refractivity contribution is 6.13. The highest BCUT2D eigenvalue weighted by atomic mass is 16.3. The van der Waals surface area contributed by atoms with Crippen LogP contribution in [0.1, 0.15) is 12.5 Å². The Labute approximate surface area is 228 Å². The first kappa shape index (κ1) is 24.1. The van der Waals surface area contributed by atoms with E-state index in [1.807, 2.05) is 55.5 Å². The molecule has 1 N–H and O–H groups in total. The van der Waals surface area contributed by atoms with E-state index in [1.54, 1.807) is 0 Å². The van der Waals surface area contributed by atoms with Gasteiger partial charge < -0.3 is 9.73 Å². The predicted molar refractivity (Wildman–Crippen MR) is 166 cm³/mol. The Morgan fingerprint density at radius 3 is 1.79 bits per heavy atom. The molecule has 0 aliphatic carbocycles. The molecule has 0 fully saturated rings. The highest BCUT2D eigenvalue weighted by Crippen LogP contribution is 2.40. The van der Waals surface area contributed by atoms with Gasteiger partial charge in [0.15, 0.2) is 0 Å². The molecule has 2 nitrogen and oxygen atoms in total. The van der Waals surface area contributed by atoms with Gasteiger partial charge in [-0.15, -0.1) is 6.42 Å². The van der Waals surface area contributed by atoms with E-state index in [-0.39, 0.29) is 0 Å². The van der Waals surface area contributed by atoms with Gasteiger partial charge in [-0.3, -0.25) is 0 Å². The van der Waals surface area contributed by atoms with E-state index in [9.17, 15) is 0 Å². The first-order valence-corrected chi connectivity index (χ1v) is 13.0. The molecule has 0 atom stereocenters. The number of fused-ring (bicyclic) bond motifs is 3. The number of benzene rings is 5. The Morgan fingerprint density at radius 1 is 0.667 bits per heavy atom. The van der Waals surface area contributed by atoms with Gasteiger partial charge >= 0.3 is 0 Å². The number of terminal acetylenes is 1. The van der Waals surface area contributed by atoms with E-state index in [0.29, 0.717) is 0 Å². The number of hydrogen-bond donors (Lipinski definition) is 1. The van der Waals surface area contributed by atoms with Crippen LogP contribution in [-0.4, -0.2) is 0 Å². The van der Waals surface area contributed by atoms with E-state index < -0.39 is 0 Å². The minimum absolute atomic E-state index is 0.861. The molecule has 2 heteroatoms. The van der Waals surface area contributed by atoms with Crippen LogP contribution in [0.4, 0.5) is 11.4 Å². The summed E-state index contributed by atoms with van der Waals surface area (Å²) in [5, 5.41) is 5.74. The van der Waals surface area contributed by atoms with Crippen LogP contribution in [0.15, 0.2) is 138 Å². The summed E-state index contributed by atoms with van der Waals surface area (Å²) >= 11 is 0. The summed E-state index contributed by atoms with van der Waals surface area (Å²) in [7, 11) is 0. The summed E-state index contributed by atoms with van der Waals surface area (Å²) in [6.07, 6.45) is 11.6. The largest absolute Gasteiger partial charge is 0.455 e. The molecule has 0 bridgehead atoms. The zero-order chi connectivity index (χ0) is 26.6. The molecule has 0 radical (unpaired) electrons. The van der Waals surface area contributed by atoms with Gasteiger partial charge in [0, 0.05) is 38.8 Å². The Kier molecular flexibility index (Phi) is 6.56. The zero-order valence-corrected chi connectivity index (χ0v) is 21.7. The maximum absolute atomic E-state index is 6.58. The van der Waals surface area contributed by atoms with Crippen LogP contribution in [0.5, 0.6) is 0 Å². The molecule has 0 saturated carbocycles. The van der Waals surface area contributed by atoms with Crippen molar-refractivity contribution in [3.8, 4) is 34.6 Å². The Morgan fingerprint density at radius 2 is 1.23 bits per heavy atom. The van der Waals surface area contributed by atoms with E-state index in [2.05, 4.69) is 96.2 Å². The van der Waals surface area contributed by atoms with Gasteiger partial charge in [-0.25, -0.2) is 0 Å². The summed E-state index contributed by atoms with van der Waals surface area (Å²) in [5.41, 5.74) is 10.2. The number of hydrogen-bond acceptors (Lipinski definition) is 2. The van der Waals surface area contributed by atoms with E-state index in [4.69, 9.17) is 10.8 Å². The SMILES string of the molecule is C#C/C(=C\C=C/C)c1ccc(Nc2ccc(-c3cccc4c3oc3c(-c5ccccc5)cccc34)cc2)cc1. The summed E-state index contributed by atoms with van der Waals surface area (Å²) in [4.78, 5) is 0. The molecule has 1 heterocycles. The van der Waals surface area contributed by atoms with Gasteiger partial charge in [-0.2, -0.15) is 0 Å². The molecular formula is C37H27NO. The van der Waals surface area contributed by atoms with Crippen molar-refractivity contribution >= 4 is 38.9 Å². The van der Waals surface area contributed by atoms with Crippen molar-refractivity contribution in [2.45, 2.75) is 6.92 Å². The van der Waals surface area contributed by atoms with Crippen LogP contribution in [0, 0.1) is 12.3 Å². The number of para-hydroxylation sites is 2. The average Bonchev–Trinajstić information content (AvgIpc) is 3.38.